The summed E-state index contributed by atoms with van der Waals surface area (Å²) in [4.78, 5) is 11.7. The molecule has 0 saturated heterocycles. The van der Waals surface area contributed by atoms with Gasteiger partial charge >= 0.3 is 0 Å². The molecule has 0 aliphatic heterocycles. The van der Waals surface area contributed by atoms with E-state index >= 15 is 0 Å². The van der Waals surface area contributed by atoms with Gasteiger partial charge in [0, 0.05) is 12.1 Å². The molecule has 1 aromatic rings. The van der Waals surface area contributed by atoms with Gasteiger partial charge in [-0.1, -0.05) is 24.3 Å². The molecular formula is C12H17NO2. The Kier molecular flexibility index (Phi) is 3.61. The third-order valence-electron chi connectivity index (χ3n) is 2.15. The van der Waals surface area contributed by atoms with Crippen LogP contribution in [0.5, 0.6) is 0 Å². The summed E-state index contributed by atoms with van der Waals surface area (Å²) in [6, 6.07) is 7.25. The maximum atomic E-state index is 11.7. The first kappa shape index (κ1) is 11.9. The predicted octanol–water partition coefficient (Wildman–Crippen LogP) is 1.36. The quantitative estimate of drug-likeness (QED) is 0.733. The first-order chi connectivity index (χ1) is 6.95. The number of nitrogens with one attached hydrogen (secondary N) is 1. The van der Waals surface area contributed by atoms with Crippen LogP contribution in [0.4, 0.5) is 0 Å². The van der Waals surface area contributed by atoms with E-state index < -0.39 is 5.60 Å². The standard InChI is InChI=1S/C12H17NO2/c1-12(2,15)11(14)10-6-4-9(5-7-10)8-13-3/h4-7,13,15H,8H2,1-3H3. The lowest BCUT2D eigenvalue weighted by atomic mass is 9.96. The van der Waals surface area contributed by atoms with Gasteiger partial charge in [0.1, 0.15) is 5.60 Å². The smallest absolute Gasteiger partial charge is 0.193 e. The lowest BCUT2D eigenvalue weighted by molar-refractivity contribution is 0.0488. The second-order valence-electron chi connectivity index (χ2n) is 4.12. The van der Waals surface area contributed by atoms with Gasteiger partial charge in [-0.3, -0.25) is 4.79 Å². The summed E-state index contributed by atoms with van der Waals surface area (Å²) >= 11 is 0. The first-order valence-corrected chi connectivity index (χ1v) is 4.96. The van der Waals surface area contributed by atoms with Crippen LogP contribution in [0.3, 0.4) is 0 Å². The fourth-order valence-corrected chi connectivity index (χ4v) is 1.33. The summed E-state index contributed by atoms with van der Waals surface area (Å²) in [5, 5.41) is 12.6. The Morgan fingerprint density at radius 1 is 1.33 bits per heavy atom. The van der Waals surface area contributed by atoms with Crippen molar-refractivity contribution in [2.24, 2.45) is 0 Å². The molecule has 1 rings (SSSR count). The molecule has 0 fully saturated rings. The van der Waals surface area contributed by atoms with Crippen molar-refractivity contribution in [1.29, 1.82) is 0 Å². The van der Waals surface area contributed by atoms with Gasteiger partial charge in [0.2, 0.25) is 0 Å². The van der Waals surface area contributed by atoms with Crippen molar-refractivity contribution in [3.8, 4) is 0 Å². The van der Waals surface area contributed by atoms with E-state index in [1.165, 1.54) is 13.8 Å². The highest BCUT2D eigenvalue weighted by Gasteiger charge is 2.24. The summed E-state index contributed by atoms with van der Waals surface area (Å²) < 4.78 is 0. The fraction of sp³-hybridized carbons (Fsp3) is 0.417. The third-order valence-corrected chi connectivity index (χ3v) is 2.15. The Hall–Kier alpha value is -1.19. The van der Waals surface area contributed by atoms with Gasteiger partial charge < -0.3 is 10.4 Å². The molecule has 0 aliphatic carbocycles. The van der Waals surface area contributed by atoms with Gasteiger partial charge in [-0.15, -0.1) is 0 Å². The van der Waals surface area contributed by atoms with E-state index in [-0.39, 0.29) is 5.78 Å². The third kappa shape index (κ3) is 3.15. The molecule has 2 N–H and O–H groups in total. The molecule has 0 atom stereocenters. The van der Waals surface area contributed by atoms with Crippen LogP contribution in [0, 0.1) is 0 Å². The highest BCUT2D eigenvalue weighted by molar-refractivity contribution is 6.01. The fourth-order valence-electron chi connectivity index (χ4n) is 1.33. The Bertz CT molecular complexity index is 336. The van der Waals surface area contributed by atoms with E-state index in [0.717, 1.165) is 12.1 Å². The molecule has 0 spiro atoms. The zero-order valence-electron chi connectivity index (χ0n) is 9.37. The van der Waals surface area contributed by atoms with Crippen molar-refractivity contribution in [3.63, 3.8) is 0 Å². The number of carbonyl (C=O) groups is 1. The van der Waals surface area contributed by atoms with Crippen molar-refractivity contribution < 1.29 is 9.90 Å². The molecule has 15 heavy (non-hydrogen) atoms. The molecule has 0 bridgehead atoms. The molecule has 0 radical (unpaired) electrons. The van der Waals surface area contributed by atoms with E-state index in [2.05, 4.69) is 5.32 Å². The van der Waals surface area contributed by atoms with Crippen LogP contribution in [0.15, 0.2) is 24.3 Å². The van der Waals surface area contributed by atoms with Crippen LogP contribution in [-0.4, -0.2) is 23.5 Å². The average Bonchev–Trinajstić information content (AvgIpc) is 2.17. The number of aliphatic hydroxyl groups is 1. The normalized spacial score (nSPS) is 11.5. The largest absolute Gasteiger partial charge is 0.382 e. The van der Waals surface area contributed by atoms with Crippen molar-refractivity contribution in [1.82, 2.24) is 5.32 Å². The number of Topliss-reactive ketones (excluding diaryl/α,β-unsaturated/α-hetero) is 1. The Morgan fingerprint density at radius 3 is 2.27 bits per heavy atom. The molecule has 0 heterocycles. The summed E-state index contributed by atoms with van der Waals surface area (Å²) in [7, 11) is 1.87. The molecule has 3 nitrogen and oxygen atoms in total. The SMILES string of the molecule is CNCc1ccc(C(=O)C(C)(C)O)cc1. The molecule has 0 aromatic heterocycles. The van der Waals surface area contributed by atoms with Gasteiger partial charge in [0.05, 0.1) is 0 Å². The van der Waals surface area contributed by atoms with E-state index in [1.54, 1.807) is 12.1 Å². The van der Waals surface area contributed by atoms with Crippen LogP contribution in [0.25, 0.3) is 0 Å². The minimum Gasteiger partial charge on any atom is -0.382 e. The monoisotopic (exact) mass is 207 g/mol. The van der Waals surface area contributed by atoms with Crippen LogP contribution < -0.4 is 5.32 Å². The highest BCUT2D eigenvalue weighted by atomic mass is 16.3. The Morgan fingerprint density at radius 2 is 1.87 bits per heavy atom. The van der Waals surface area contributed by atoms with Crippen molar-refractivity contribution in [2.75, 3.05) is 7.05 Å². The number of rotatable bonds is 4. The minimum atomic E-state index is -1.30. The van der Waals surface area contributed by atoms with Gasteiger partial charge in [-0.2, -0.15) is 0 Å². The molecule has 1 aromatic carbocycles. The van der Waals surface area contributed by atoms with Gasteiger partial charge in [0.15, 0.2) is 5.78 Å². The molecule has 82 valence electrons. The van der Waals surface area contributed by atoms with Gasteiger partial charge in [-0.05, 0) is 26.5 Å². The number of hydrogen-bond acceptors (Lipinski definition) is 3. The zero-order valence-corrected chi connectivity index (χ0v) is 9.37. The molecule has 0 aliphatic rings. The van der Waals surface area contributed by atoms with E-state index in [0.29, 0.717) is 5.56 Å². The van der Waals surface area contributed by atoms with Crippen molar-refractivity contribution >= 4 is 5.78 Å². The Labute approximate surface area is 90.1 Å². The van der Waals surface area contributed by atoms with Crippen molar-refractivity contribution in [2.45, 2.75) is 26.0 Å². The van der Waals surface area contributed by atoms with Crippen LogP contribution in [0.1, 0.15) is 29.8 Å². The topological polar surface area (TPSA) is 49.3 Å². The molecule has 0 unspecified atom stereocenters. The summed E-state index contributed by atoms with van der Waals surface area (Å²) in [6.45, 7) is 3.77. The zero-order chi connectivity index (χ0) is 11.5. The summed E-state index contributed by atoms with van der Waals surface area (Å²) in [5.74, 6) is -0.251. The lowest BCUT2D eigenvalue weighted by Gasteiger charge is -2.15. The first-order valence-electron chi connectivity index (χ1n) is 4.96. The number of benzene rings is 1. The van der Waals surface area contributed by atoms with E-state index in [4.69, 9.17) is 0 Å². The van der Waals surface area contributed by atoms with Crippen LogP contribution >= 0.6 is 0 Å². The second-order valence-corrected chi connectivity index (χ2v) is 4.12. The second kappa shape index (κ2) is 4.55. The van der Waals surface area contributed by atoms with Crippen molar-refractivity contribution in [3.05, 3.63) is 35.4 Å². The van der Waals surface area contributed by atoms with Gasteiger partial charge in [-0.25, -0.2) is 0 Å². The molecule has 3 heteroatoms. The summed E-state index contributed by atoms with van der Waals surface area (Å²) in [5.41, 5.74) is 0.358. The van der Waals surface area contributed by atoms with E-state index in [1.807, 2.05) is 19.2 Å². The maximum absolute atomic E-state index is 11.7. The van der Waals surface area contributed by atoms with Crippen LogP contribution in [-0.2, 0) is 6.54 Å². The molecule has 0 amide bonds. The average molecular weight is 207 g/mol. The lowest BCUT2D eigenvalue weighted by Crippen LogP contribution is -2.31. The highest BCUT2D eigenvalue weighted by Crippen LogP contribution is 2.13. The van der Waals surface area contributed by atoms with Gasteiger partial charge in [0.25, 0.3) is 0 Å². The Balaban J connectivity index is 2.85. The minimum absolute atomic E-state index is 0.251. The maximum Gasteiger partial charge on any atom is 0.193 e. The number of ketones is 1. The number of carbonyl (C=O) groups excluding carboxylic acids is 1. The predicted molar refractivity (Wildman–Crippen MR) is 59.8 cm³/mol. The molecular weight excluding hydrogens is 190 g/mol. The van der Waals surface area contributed by atoms with Crippen LogP contribution in [0.2, 0.25) is 0 Å². The molecule has 0 saturated carbocycles. The number of hydrogen-bond donors (Lipinski definition) is 2. The van der Waals surface area contributed by atoms with E-state index in [9.17, 15) is 9.90 Å². The summed E-state index contributed by atoms with van der Waals surface area (Å²) in [6.07, 6.45) is 0.